The highest BCUT2D eigenvalue weighted by molar-refractivity contribution is 5.84. The molecule has 0 aliphatic rings. The van der Waals surface area contributed by atoms with Gasteiger partial charge in [0, 0.05) is 37.1 Å². The SMILES string of the molecule is Cc1cc(C(C)C(=O)N(Cc2ccccc2)Cc2ccccc2)c(O)cc1-n1cccc1. The molecule has 4 nitrogen and oxygen atoms in total. The summed E-state index contributed by atoms with van der Waals surface area (Å²) < 4.78 is 1.96. The van der Waals surface area contributed by atoms with E-state index in [0.717, 1.165) is 22.4 Å². The van der Waals surface area contributed by atoms with E-state index in [4.69, 9.17) is 0 Å². The lowest BCUT2D eigenvalue weighted by Crippen LogP contribution is -2.33. The Bertz CT molecular complexity index is 1130. The van der Waals surface area contributed by atoms with Crippen molar-refractivity contribution in [3.05, 3.63) is 120 Å². The first-order chi connectivity index (χ1) is 15.5. The van der Waals surface area contributed by atoms with Gasteiger partial charge in [-0.1, -0.05) is 60.7 Å². The molecule has 0 saturated heterocycles. The van der Waals surface area contributed by atoms with Crippen molar-refractivity contribution < 1.29 is 9.90 Å². The smallest absolute Gasteiger partial charge is 0.230 e. The zero-order valence-electron chi connectivity index (χ0n) is 18.5. The normalized spacial score (nSPS) is 11.8. The van der Waals surface area contributed by atoms with Gasteiger partial charge in [-0.05, 0) is 48.7 Å². The number of carbonyl (C=O) groups excluding carboxylic acids is 1. The first-order valence-corrected chi connectivity index (χ1v) is 10.9. The molecule has 0 fully saturated rings. The maximum atomic E-state index is 13.6. The number of phenols is 1. The van der Waals surface area contributed by atoms with E-state index in [9.17, 15) is 9.90 Å². The first kappa shape index (κ1) is 21.4. The van der Waals surface area contributed by atoms with E-state index in [1.807, 2.05) is 115 Å². The van der Waals surface area contributed by atoms with Crippen LogP contribution in [0.2, 0.25) is 0 Å². The summed E-state index contributed by atoms with van der Waals surface area (Å²) in [6.45, 7) is 4.90. The van der Waals surface area contributed by atoms with Crippen LogP contribution in [-0.2, 0) is 17.9 Å². The number of hydrogen-bond donors (Lipinski definition) is 1. The second kappa shape index (κ2) is 9.56. The molecular formula is C28H28N2O2. The van der Waals surface area contributed by atoms with Gasteiger partial charge in [0.15, 0.2) is 0 Å². The molecule has 32 heavy (non-hydrogen) atoms. The van der Waals surface area contributed by atoms with Gasteiger partial charge in [-0.3, -0.25) is 4.79 Å². The third-order valence-corrected chi connectivity index (χ3v) is 5.81. The van der Waals surface area contributed by atoms with Crippen LogP contribution in [0.5, 0.6) is 5.75 Å². The Morgan fingerprint density at radius 1 is 0.875 bits per heavy atom. The predicted octanol–water partition coefficient (Wildman–Crippen LogP) is 5.82. The number of rotatable bonds is 7. The van der Waals surface area contributed by atoms with Crippen molar-refractivity contribution in [2.24, 2.45) is 0 Å². The lowest BCUT2D eigenvalue weighted by molar-refractivity contribution is -0.133. The fraction of sp³-hybridized carbons (Fsp3) is 0.179. The molecule has 4 heteroatoms. The van der Waals surface area contributed by atoms with Crippen LogP contribution in [0.25, 0.3) is 5.69 Å². The summed E-state index contributed by atoms with van der Waals surface area (Å²) in [5.41, 5.74) is 4.71. The maximum absolute atomic E-state index is 13.6. The Morgan fingerprint density at radius 3 is 1.94 bits per heavy atom. The summed E-state index contributed by atoms with van der Waals surface area (Å²) in [7, 11) is 0. The average Bonchev–Trinajstić information content (AvgIpc) is 3.35. The molecule has 162 valence electrons. The Labute approximate surface area is 189 Å². The predicted molar refractivity (Wildman–Crippen MR) is 128 cm³/mol. The topological polar surface area (TPSA) is 45.5 Å². The minimum atomic E-state index is -0.472. The highest BCUT2D eigenvalue weighted by atomic mass is 16.3. The molecule has 0 aliphatic carbocycles. The molecule has 0 aliphatic heterocycles. The summed E-state index contributed by atoms with van der Waals surface area (Å²) in [5, 5.41) is 10.8. The Hall–Kier alpha value is -3.79. The van der Waals surface area contributed by atoms with Crippen LogP contribution >= 0.6 is 0 Å². The number of nitrogens with zero attached hydrogens (tertiary/aromatic N) is 2. The van der Waals surface area contributed by atoms with Gasteiger partial charge in [-0.25, -0.2) is 0 Å². The highest BCUT2D eigenvalue weighted by Crippen LogP contribution is 2.32. The van der Waals surface area contributed by atoms with E-state index >= 15 is 0 Å². The van der Waals surface area contributed by atoms with E-state index < -0.39 is 5.92 Å². The lowest BCUT2D eigenvalue weighted by Gasteiger charge is -2.27. The molecule has 0 saturated carbocycles. The third-order valence-electron chi connectivity index (χ3n) is 5.81. The Kier molecular flexibility index (Phi) is 6.41. The van der Waals surface area contributed by atoms with Gasteiger partial charge in [-0.2, -0.15) is 0 Å². The molecule has 0 radical (unpaired) electrons. The monoisotopic (exact) mass is 424 g/mol. The average molecular weight is 425 g/mol. The Morgan fingerprint density at radius 2 is 1.41 bits per heavy atom. The van der Waals surface area contributed by atoms with Crippen LogP contribution in [0.1, 0.15) is 35.1 Å². The van der Waals surface area contributed by atoms with Gasteiger partial charge in [0.1, 0.15) is 5.75 Å². The van der Waals surface area contributed by atoms with Crippen molar-refractivity contribution in [1.82, 2.24) is 9.47 Å². The van der Waals surface area contributed by atoms with Gasteiger partial charge in [-0.15, -0.1) is 0 Å². The summed E-state index contributed by atoms with van der Waals surface area (Å²) in [6, 6.07) is 27.6. The molecule has 0 spiro atoms. The highest BCUT2D eigenvalue weighted by Gasteiger charge is 2.25. The van der Waals surface area contributed by atoms with E-state index in [1.54, 1.807) is 6.07 Å². The first-order valence-electron chi connectivity index (χ1n) is 10.9. The standard InChI is InChI=1S/C28H28N2O2/c1-21-17-25(27(31)18-26(21)29-15-9-10-16-29)22(2)28(32)30(19-23-11-5-3-6-12-23)20-24-13-7-4-8-14-24/h3-18,22,31H,19-20H2,1-2H3. The molecule has 1 heterocycles. The molecular weight excluding hydrogens is 396 g/mol. The number of phenolic OH excluding ortho intramolecular Hbond substituents is 1. The molecule has 1 aromatic heterocycles. The van der Waals surface area contributed by atoms with Gasteiger partial charge in [0.2, 0.25) is 5.91 Å². The molecule has 0 bridgehead atoms. The summed E-state index contributed by atoms with van der Waals surface area (Å²) in [4.78, 5) is 15.5. The van der Waals surface area contributed by atoms with E-state index in [0.29, 0.717) is 18.7 Å². The quantitative estimate of drug-likeness (QED) is 0.406. The van der Waals surface area contributed by atoms with Gasteiger partial charge in [0.05, 0.1) is 11.6 Å². The summed E-state index contributed by atoms with van der Waals surface area (Å²) in [5.74, 6) is -0.347. The largest absolute Gasteiger partial charge is 0.508 e. The zero-order valence-corrected chi connectivity index (χ0v) is 18.5. The number of carbonyl (C=O) groups is 1. The van der Waals surface area contributed by atoms with Crippen LogP contribution in [-0.4, -0.2) is 20.5 Å². The van der Waals surface area contributed by atoms with Crippen molar-refractivity contribution in [3.8, 4) is 11.4 Å². The minimum absolute atomic E-state index is 0.0129. The lowest BCUT2D eigenvalue weighted by atomic mass is 9.95. The van der Waals surface area contributed by atoms with E-state index in [1.165, 1.54) is 0 Å². The molecule has 3 aromatic carbocycles. The fourth-order valence-corrected chi connectivity index (χ4v) is 4.05. The summed E-state index contributed by atoms with van der Waals surface area (Å²) >= 11 is 0. The third kappa shape index (κ3) is 4.75. The number of aryl methyl sites for hydroxylation is 1. The zero-order chi connectivity index (χ0) is 22.5. The molecule has 4 aromatic rings. The van der Waals surface area contributed by atoms with Crippen molar-refractivity contribution in [2.75, 3.05) is 0 Å². The summed E-state index contributed by atoms with van der Waals surface area (Å²) in [6.07, 6.45) is 3.88. The number of aromatic nitrogens is 1. The van der Waals surface area contributed by atoms with Crippen LogP contribution in [0.4, 0.5) is 0 Å². The van der Waals surface area contributed by atoms with Crippen molar-refractivity contribution >= 4 is 5.91 Å². The fourth-order valence-electron chi connectivity index (χ4n) is 4.05. The van der Waals surface area contributed by atoms with Crippen molar-refractivity contribution in [3.63, 3.8) is 0 Å². The van der Waals surface area contributed by atoms with Crippen LogP contribution in [0, 0.1) is 6.92 Å². The number of benzene rings is 3. The van der Waals surface area contributed by atoms with Gasteiger partial charge < -0.3 is 14.6 Å². The van der Waals surface area contributed by atoms with E-state index in [-0.39, 0.29) is 11.7 Å². The van der Waals surface area contributed by atoms with Crippen LogP contribution in [0.15, 0.2) is 97.3 Å². The molecule has 1 amide bonds. The van der Waals surface area contributed by atoms with Crippen LogP contribution < -0.4 is 0 Å². The molecule has 1 unspecified atom stereocenters. The van der Waals surface area contributed by atoms with Crippen molar-refractivity contribution in [1.29, 1.82) is 0 Å². The Balaban J connectivity index is 1.63. The van der Waals surface area contributed by atoms with Crippen molar-refractivity contribution in [2.45, 2.75) is 32.9 Å². The number of amides is 1. The second-order valence-electron chi connectivity index (χ2n) is 8.18. The van der Waals surface area contributed by atoms with Crippen LogP contribution in [0.3, 0.4) is 0 Å². The van der Waals surface area contributed by atoms with Gasteiger partial charge >= 0.3 is 0 Å². The maximum Gasteiger partial charge on any atom is 0.230 e. The molecule has 1 N–H and O–H groups in total. The van der Waals surface area contributed by atoms with Gasteiger partial charge in [0.25, 0.3) is 0 Å². The molecule has 4 rings (SSSR count). The molecule has 1 atom stereocenters. The van der Waals surface area contributed by atoms with E-state index in [2.05, 4.69) is 0 Å². The minimum Gasteiger partial charge on any atom is -0.508 e. The number of aromatic hydroxyl groups is 1. The number of hydrogen-bond acceptors (Lipinski definition) is 2. The second-order valence-corrected chi connectivity index (χ2v) is 8.18.